The third-order valence-corrected chi connectivity index (χ3v) is 3.93. The van der Waals surface area contributed by atoms with Gasteiger partial charge in [-0.15, -0.1) is 0 Å². The van der Waals surface area contributed by atoms with Gasteiger partial charge in [-0.1, -0.05) is 12.8 Å². The smallest absolute Gasteiger partial charge is 0.0771 e. The second kappa shape index (κ2) is 10.4. The highest BCUT2D eigenvalue weighted by molar-refractivity contribution is 5.53. The van der Waals surface area contributed by atoms with Crippen molar-refractivity contribution >= 4 is 11.4 Å². The van der Waals surface area contributed by atoms with Crippen molar-refractivity contribution in [1.29, 1.82) is 0 Å². The average molecular weight is 323 g/mol. The van der Waals surface area contributed by atoms with Crippen LogP contribution >= 0.6 is 0 Å². The van der Waals surface area contributed by atoms with E-state index in [4.69, 9.17) is 28.7 Å². The monoisotopic (exact) mass is 322 g/mol. The summed E-state index contributed by atoms with van der Waals surface area (Å²) < 4.78 is 0. The van der Waals surface area contributed by atoms with E-state index in [-0.39, 0.29) is 18.2 Å². The van der Waals surface area contributed by atoms with Crippen LogP contribution in [0.5, 0.6) is 0 Å². The number of nitrogens with zero attached hydrogens (tertiary/aromatic N) is 1. The van der Waals surface area contributed by atoms with Crippen LogP contribution in [-0.4, -0.2) is 31.3 Å². The van der Waals surface area contributed by atoms with Crippen LogP contribution in [0.25, 0.3) is 0 Å². The topological polar surface area (TPSA) is 133 Å². The number of benzene rings is 1. The van der Waals surface area contributed by atoms with E-state index in [0.29, 0.717) is 6.54 Å². The van der Waals surface area contributed by atoms with Crippen LogP contribution < -0.4 is 33.6 Å². The molecule has 132 valence electrons. The Bertz CT molecular complexity index is 420. The summed E-state index contributed by atoms with van der Waals surface area (Å²) >= 11 is 0. The first kappa shape index (κ1) is 19.7. The molecule has 0 aliphatic carbocycles. The van der Waals surface area contributed by atoms with E-state index in [0.717, 1.165) is 50.0 Å². The summed E-state index contributed by atoms with van der Waals surface area (Å²) in [5, 5.41) is 0. The number of nitrogen functional groups attached to an aromatic ring is 1. The largest absolute Gasteiger partial charge is 0.399 e. The molecule has 1 aromatic carbocycles. The predicted molar refractivity (Wildman–Crippen MR) is 99.9 cm³/mol. The summed E-state index contributed by atoms with van der Waals surface area (Å²) in [6.45, 7) is 3.39. The number of hydrogen-bond acceptors (Lipinski definition) is 6. The molecule has 6 nitrogen and oxygen atoms in total. The van der Waals surface area contributed by atoms with Crippen molar-refractivity contribution in [3.05, 3.63) is 24.3 Å². The molecule has 0 aliphatic heterocycles. The van der Waals surface area contributed by atoms with Crippen molar-refractivity contribution in [1.82, 2.24) is 0 Å². The zero-order chi connectivity index (χ0) is 17.2. The summed E-state index contributed by atoms with van der Waals surface area (Å²) in [6, 6.07) is 7.84. The fourth-order valence-corrected chi connectivity index (χ4v) is 2.73. The number of rotatable bonds is 11. The van der Waals surface area contributed by atoms with Gasteiger partial charge in [-0.3, -0.25) is 0 Å². The van der Waals surface area contributed by atoms with Crippen LogP contribution in [0.15, 0.2) is 24.3 Å². The van der Waals surface area contributed by atoms with Gasteiger partial charge in [0.2, 0.25) is 0 Å². The quantitative estimate of drug-likeness (QED) is 0.234. The van der Waals surface area contributed by atoms with Crippen molar-refractivity contribution in [2.75, 3.05) is 23.7 Å². The molecule has 0 aliphatic rings. The van der Waals surface area contributed by atoms with E-state index in [2.05, 4.69) is 4.90 Å². The highest BCUT2D eigenvalue weighted by Gasteiger charge is 2.18. The fourth-order valence-electron chi connectivity index (χ4n) is 2.73. The molecule has 0 aromatic heterocycles. The summed E-state index contributed by atoms with van der Waals surface area (Å²) in [7, 11) is 0. The van der Waals surface area contributed by atoms with Crippen molar-refractivity contribution in [3.8, 4) is 0 Å². The van der Waals surface area contributed by atoms with Crippen LogP contribution in [0.3, 0.4) is 0 Å². The molecular weight excluding hydrogens is 288 g/mol. The Kier molecular flexibility index (Phi) is 8.94. The van der Waals surface area contributed by atoms with Gasteiger partial charge in [-0.05, 0) is 57.0 Å². The minimum atomic E-state index is -0.0736. The molecule has 0 spiro atoms. The minimum Gasteiger partial charge on any atom is -0.399 e. The molecule has 0 saturated heterocycles. The van der Waals surface area contributed by atoms with Gasteiger partial charge in [-0.25, -0.2) is 0 Å². The van der Waals surface area contributed by atoms with Crippen molar-refractivity contribution in [2.45, 2.75) is 57.3 Å². The lowest BCUT2D eigenvalue weighted by Gasteiger charge is -2.34. The molecule has 0 saturated carbocycles. The van der Waals surface area contributed by atoms with Gasteiger partial charge in [0.25, 0.3) is 0 Å². The Labute approximate surface area is 140 Å². The molecule has 0 bridgehead atoms. The van der Waals surface area contributed by atoms with Gasteiger partial charge in [0.05, 0.1) is 6.17 Å². The summed E-state index contributed by atoms with van der Waals surface area (Å²) in [4.78, 5) is 2.16. The first-order chi connectivity index (χ1) is 10.9. The van der Waals surface area contributed by atoms with E-state index in [1.807, 2.05) is 31.2 Å². The Hall–Kier alpha value is -1.34. The zero-order valence-electron chi connectivity index (χ0n) is 14.3. The molecular formula is C17H34N6. The summed E-state index contributed by atoms with van der Waals surface area (Å²) in [5.41, 5.74) is 31.6. The Balaban J connectivity index is 2.72. The van der Waals surface area contributed by atoms with E-state index >= 15 is 0 Å². The molecule has 3 unspecified atom stereocenters. The molecule has 0 amide bonds. The second-order valence-corrected chi connectivity index (χ2v) is 6.42. The van der Waals surface area contributed by atoms with Gasteiger partial charge in [0.1, 0.15) is 0 Å². The lowest BCUT2D eigenvalue weighted by molar-refractivity contribution is 0.477. The van der Waals surface area contributed by atoms with Crippen molar-refractivity contribution < 1.29 is 0 Å². The van der Waals surface area contributed by atoms with E-state index in [1.165, 1.54) is 0 Å². The van der Waals surface area contributed by atoms with Crippen molar-refractivity contribution in [2.24, 2.45) is 22.9 Å². The molecule has 10 N–H and O–H groups in total. The van der Waals surface area contributed by atoms with Crippen LogP contribution in [0.4, 0.5) is 11.4 Å². The highest BCUT2D eigenvalue weighted by Crippen LogP contribution is 2.20. The van der Waals surface area contributed by atoms with Crippen LogP contribution in [0, 0.1) is 0 Å². The van der Waals surface area contributed by atoms with Gasteiger partial charge in [-0.2, -0.15) is 0 Å². The maximum absolute atomic E-state index is 6.43. The Morgan fingerprint density at radius 3 is 2.22 bits per heavy atom. The minimum absolute atomic E-state index is 0.0114. The van der Waals surface area contributed by atoms with Crippen LogP contribution in [0.1, 0.15) is 39.0 Å². The lowest BCUT2D eigenvalue weighted by atomic mass is 10.1. The summed E-state index contributed by atoms with van der Waals surface area (Å²) in [5.74, 6) is 0. The van der Waals surface area contributed by atoms with Crippen molar-refractivity contribution in [3.63, 3.8) is 0 Å². The third-order valence-electron chi connectivity index (χ3n) is 3.93. The zero-order valence-corrected chi connectivity index (χ0v) is 14.3. The lowest BCUT2D eigenvalue weighted by Crippen LogP contribution is -2.49. The maximum atomic E-state index is 6.43. The number of hydrogen-bond donors (Lipinski definition) is 5. The Morgan fingerprint density at radius 2 is 1.65 bits per heavy atom. The molecule has 0 heterocycles. The first-order valence-electron chi connectivity index (χ1n) is 8.53. The van der Waals surface area contributed by atoms with Crippen LogP contribution in [0.2, 0.25) is 0 Å². The molecule has 0 radical (unpaired) electrons. The third kappa shape index (κ3) is 7.65. The van der Waals surface area contributed by atoms with E-state index in [1.54, 1.807) is 0 Å². The van der Waals surface area contributed by atoms with Gasteiger partial charge in [0, 0.05) is 30.0 Å². The standard InChI is InChI=1S/C17H34N6/c1-13(19)11-15(21)12-23(16-8-6-14(20)7-9-16)17(22)5-3-2-4-10-18/h6-9,13,15,17H,2-5,10-12,18-22H2,1H3. The fraction of sp³-hybridized carbons (Fsp3) is 0.647. The van der Waals surface area contributed by atoms with E-state index in [9.17, 15) is 0 Å². The number of nitrogens with two attached hydrogens (primary N) is 5. The summed E-state index contributed by atoms with van der Waals surface area (Å²) in [6.07, 6.45) is 4.81. The second-order valence-electron chi connectivity index (χ2n) is 6.42. The Morgan fingerprint density at radius 1 is 1.00 bits per heavy atom. The maximum Gasteiger partial charge on any atom is 0.0771 e. The number of unbranched alkanes of at least 4 members (excludes halogenated alkanes) is 2. The molecule has 6 heteroatoms. The SMILES string of the molecule is CC(N)CC(N)CN(c1ccc(N)cc1)C(N)CCCCCN. The molecule has 1 rings (SSSR count). The van der Waals surface area contributed by atoms with E-state index < -0.39 is 0 Å². The van der Waals surface area contributed by atoms with Gasteiger partial charge < -0.3 is 33.6 Å². The molecule has 3 atom stereocenters. The van der Waals surface area contributed by atoms with Gasteiger partial charge >= 0.3 is 0 Å². The normalized spacial score (nSPS) is 15.2. The highest BCUT2D eigenvalue weighted by atomic mass is 15.2. The molecule has 23 heavy (non-hydrogen) atoms. The predicted octanol–water partition coefficient (Wildman–Crippen LogP) is 0.944. The number of anilines is 2. The molecule has 1 aromatic rings. The first-order valence-corrected chi connectivity index (χ1v) is 8.53. The van der Waals surface area contributed by atoms with Crippen LogP contribution in [-0.2, 0) is 0 Å². The van der Waals surface area contributed by atoms with Gasteiger partial charge in [0.15, 0.2) is 0 Å². The molecule has 0 fully saturated rings. The average Bonchev–Trinajstić information content (AvgIpc) is 2.49.